The predicted molar refractivity (Wildman–Crippen MR) is 99.6 cm³/mol. The Morgan fingerprint density at radius 2 is 1.83 bits per heavy atom. The lowest BCUT2D eigenvalue weighted by Gasteiger charge is -2.43. The van der Waals surface area contributed by atoms with Crippen LogP contribution in [0.3, 0.4) is 0 Å². The van der Waals surface area contributed by atoms with E-state index < -0.39 is 0 Å². The Bertz CT molecular complexity index is 674. The van der Waals surface area contributed by atoms with Gasteiger partial charge in [-0.25, -0.2) is 0 Å². The van der Waals surface area contributed by atoms with Gasteiger partial charge >= 0.3 is 0 Å². The van der Waals surface area contributed by atoms with Crippen LogP contribution in [0, 0.1) is 18.3 Å². The highest BCUT2D eigenvalue weighted by molar-refractivity contribution is 6.47. The van der Waals surface area contributed by atoms with Gasteiger partial charge in [0.1, 0.15) is 11.4 Å². The number of halogens is 1. The van der Waals surface area contributed by atoms with Crippen LogP contribution < -0.4 is 0 Å². The lowest BCUT2D eigenvalue weighted by atomic mass is 9.69. The van der Waals surface area contributed by atoms with Crippen molar-refractivity contribution in [1.82, 2.24) is 4.90 Å². The number of rotatable bonds is 1. The summed E-state index contributed by atoms with van der Waals surface area (Å²) in [6, 6.07) is 5.74. The molecule has 0 bridgehead atoms. The second kappa shape index (κ2) is 5.87. The lowest BCUT2D eigenvalue weighted by molar-refractivity contribution is -0.127. The fourth-order valence-corrected chi connectivity index (χ4v) is 4.42. The smallest absolute Gasteiger partial charge is 0.274 e. The zero-order valence-electron chi connectivity index (χ0n) is 15.3. The molecule has 0 saturated heterocycles. The Hall–Kier alpha value is -1.35. The van der Waals surface area contributed by atoms with Crippen LogP contribution in [0.2, 0.25) is 5.02 Å². The molecule has 0 unspecified atom stereocenters. The standard InChI is InChI=1S/C20H27ClN2O/c1-13-10-14(12-16(21)11-13)17-18(24)23(5)20(22-17)8-6-15(7-9-20)19(2,3)4/h10-12,15H,6-9H2,1-5H3. The first-order valence-electron chi connectivity index (χ1n) is 8.78. The van der Waals surface area contributed by atoms with E-state index in [-0.39, 0.29) is 11.6 Å². The van der Waals surface area contributed by atoms with Crippen molar-refractivity contribution >= 4 is 23.2 Å². The Morgan fingerprint density at radius 3 is 2.38 bits per heavy atom. The monoisotopic (exact) mass is 346 g/mol. The van der Waals surface area contributed by atoms with Gasteiger partial charge in [-0.2, -0.15) is 0 Å². The maximum Gasteiger partial charge on any atom is 0.274 e. The maximum atomic E-state index is 12.8. The molecule has 1 aliphatic heterocycles. The molecule has 3 rings (SSSR count). The normalized spacial score (nSPS) is 27.8. The minimum Gasteiger partial charge on any atom is -0.316 e. The zero-order chi connectivity index (χ0) is 17.7. The van der Waals surface area contributed by atoms with Crippen molar-refractivity contribution in [2.24, 2.45) is 16.3 Å². The van der Waals surface area contributed by atoms with E-state index in [1.165, 1.54) is 0 Å². The van der Waals surface area contributed by atoms with Gasteiger partial charge in [-0.1, -0.05) is 32.4 Å². The summed E-state index contributed by atoms with van der Waals surface area (Å²) in [7, 11) is 1.90. The Kier molecular flexibility index (Phi) is 4.28. The van der Waals surface area contributed by atoms with Gasteiger partial charge in [-0.3, -0.25) is 9.79 Å². The first kappa shape index (κ1) is 17.5. The van der Waals surface area contributed by atoms with Crippen molar-refractivity contribution < 1.29 is 4.79 Å². The fraction of sp³-hybridized carbons (Fsp3) is 0.600. The summed E-state index contributed by atoms with van der Waals surface area (Å²) in [5.74, 6) is 0.713. The van der Waals surface area contributed by atoms with Crippen LogP contribution in [0.1, 0.15) is 57.6 Å². The summed E-state index contributed by atoms with van der Waals surface area (Å²) in [6.07, 6.45) is 4.12. The molecular formula is C20H27ClN2O. The van der Waals surface area contributed by atoms with E-state index in [4.69, 9.17) is 16.6 Å². The van der Waals surface area contributed by atoms with Gasteiger partial charge in [0.25, 0.3) is 5.91 Å². The van der Waals surface area contributed by atoms with E-state index in [0.29, 0.717) is 22.1 Å². The van der Waals surface area contributed by atoms with Gasteiger partial charge < -0.3 is 4.90 Å². The molecule has 1 aliphatic carbocycles. The number of hydrogen-bond acceptors (Lipinski definition) is 2. The van der Waals surface area contributed by atoms with Crippen molar-refractivity contribution in [3.63, 3.8) is 0 Å². The summed E-state index contributed by atoms with van der Waals surface area (Å²) >= 11 is 6.18. The maximum absolute atomic E-state index is 12.8. The molecule has 2 aliphatic rings. The largest absolute Gasteiger partial charge is 0.316 e. The van der Waals surface area contributed by atoms with Crippen LogP contribution in [-0.2, 0) is 4.79 Å². The second-order valence-corrected chi connectivity index (χ2v) is 8.90. The molecule has 1 aromatic carbocycles. The van der Waals surface area contributed by atoms with Gasteiger partial charge in [-0.15, -0.1) is 0 Å². The van der Waals surface area contributed by atoms with Gasteiger partial charge in [0.05, 0.1) is 0 Å². The SMILES string of the molecule is Cc1cc(Cl)cc(C2=NC3(CCC(C(C)(C)C)CC3)N(C)C2=O)c1. The molecule has 130 valence electrons. The molecule has 0 radical (unpaired) electrons. The fourth-order valence-electron chi connectivity index (χ4n) is 4.13. The van der Waals surface area contributed by atoms with Crippen LogP contribution in [-0.4, -0.2) is 29.2 Å². The summed E-state index contributed by atoms with van der Waals surface area (Å²) in [5.41, 5.74) is 2.42. The quantitative estimate of drug-likeness (QED) is 0.716. The molecular weight excluding hydrogens is 320 g/mol. The number of benzene rings is 1. The molecule has 4 heteroatoms. The Labute approximate surface area is 150 Å². The molecule has 1 saturated carbocycles. The third kappa shape index (κ3) is 2.99. The number of hydrogen-bond donors (Lipinski definition) is 0. The average molecular weight is 347 g/mol. The first-order valence-corrected chi connectivity index (χ1v) is 9.16. The number of nitrogens with zero attached hydrogens (tertiary/aromatic N) is 2. The molecule has 24 heavy (non-hydrogen) atoms. The van der Waals surface area contributed by atoms with Gasteiger partial charge in [-0.05, 0) is 67.7 Å². The van der Waals surface area contributed by atoms with Crippen LogP contribution in [0.15, 0.2) is 23.2 Å². The molecule has 1 spiro atoms. The van der Waals surface area contributed by atoms with E-state index >= 15 is 0 Å². The van der Waals surface area contributed by atoms with Crippen LogP contribution in [0.4, 0.5) is 0 Å². The van der Waals surface area contributed by atoms with Crippen molar-refractivity contribution in [3.05, 3.63) is 34.3 Å². The topological polar surface area (TPSA) is 32.7 Å². The molecule has 1 heterocycles. The molecule has 0 N–H and O–H groups in total. The number of aliphatic imine (C=N–C) groups is 1. The highest BCUT2D eigenvalue weighted by Crippen LogP contribution is 2.46. The Balaban J connectivity index is 1.91. The minimum absolute atomic E-state index is 0.0193. The van der Waals surface area contributed by atoms with E-state index in [9.17, 15) is 4.79 Å². The molecule has 0 atom stereocenters. The minimum atomic E-state index is -0.357. The lowest BCUT2D eigenvalue weighted by Crippen LogP contribution is -2.47. The number of likely N-dealkylation sites (N-methyl/N-ethyl adjacent to an activating group) is 1. The van der Waals surface area contributed by atoms with Crippen molar-refractivity contribution in [2.75, 3.05) is 7.05 Å². The molecule has 0 aromatic heterocycles. The third-order valence-corrected chi connectivity index (χ3v) is 6.00. The first-order chi connectivity index (χ1) is 11.1. The molecule has 1 aromatic rings. The third-order valence-electron chi connectivity index (χ3n) is 5.78. The van der Waals surface area contributed by atoms with E-state index in [2.05, 4.69) is 20.8 Å². The van der Waals surface area contributed by atoms with Crippen LogP contribution in [0.5, 0.6) is 0 Å². The summed E-state index contributed by atoms with van der Waals surface area (Å²) < 4.78 is 0. The zero-order valence-corrected chi connectivity index (χ0v) is 16.1. The molecule has 1 amide bonds. The van der Waals surface area contributed by atoms with Crippen molar-refractivity contribution in [2.45, 2.75) is 59.0 Å². The van der Waals surface area contributed by atoms with E-state index in [1.54, 1.807) is 0 Å². The summed E-state index contributed by atoms with van der Waals surface area (Å²) in [6.45, 7) is 8.91. The predicted octanol–water partition coefficient (Wildman–Crippen LogP) is 4.84. The molecule has 3 nitrogen and oxygen atoms in total. The van der Waals surface area contributed by atoms with Crippen molar-refractivity contribution in [3.8, 4) is 0 Å². The summed E-state index contributed by atoms with van der Waals surface area (Å²) in [4.78, 5) is 19.6. The second-order valence-electron chi connectivity index (χ2n) is 8.46. The van der Waals surface area contributed by atoms with E-state index in [1.807, 2.05) is 37.1 Å². The average Bonchev–Trinajstić information content (AvgIpc) is 2.71. The van der Waals surface area contributed by atoms with Gasteiger partial charge in [0, 0.05) is 17.6 Å². The van der Waals surface area contributed by atoms with Gasteiger partial charge in [0.15, 0.2) is 0 Å². The Morgan fingerprint density at radius 1 is 1.21 bits per heavy atom. The number of amides is 1. The highest BCUT2D eigenvalue weighted by Gasteiger charge is 2.48. The number of aryl methyl sites for hydroxylation is 1. The van der Waals surface area contributed by atoms with E-state index in [0.717, 1.165) is 36.8 Å². The number of carbonyl (C=O) groups excluding carboxylic acids is 1. The number of carbonyl (C=O) groups is 1. The summed E-state index contributed by atoms with van der Waals surface area (Å²) in [5, 5.41) is 0.653. The molecule has 1 fully saturated rings. The van der Waals surface area contributed by atoms with Crippen molar-refractivity contribution in [1.29, 1.82) is 0 Å². The van der Waals surface area contributed by atoms with Gasteiger partial charge in [0.2, 0.25) is 0 Å². The highest BCUT2D eigenvalue weighted by atomic mass is 35.5. The van der Waals surface area contributed by atoms with Crippen LogP contribution in [0.25, 0.3) is 0 Å². The van der Waals surface area contributed by atoms with Crippen LogP contribution >= 0.6 is 11.6 Å².